The predicted octanol–water partition coefficient (Wildman–Crippen LogP) is 1.38. The SMILES string of the molecule is NCC1(C2(O)CCN(c3ccccc3)CC2)CCOC1. The largest absolute Gasteiger partial charge is 0.389 e. The van der Waals surface area contributed by atoms with Gasteiger partial charge in [-0.15, -0.1) is 0 Å². The van der Waals surface area contributed by atoms with Crippen molar-refractivity contribution in [3.8, 4) is 0 Å². The van der Waals surface area contributed by atoms with Crippen LogP contribution in [0.25, 0.3) is 0 Å². The normalized spacial score (nSPS) is 29.6. The Bertz CT molecular complexity index is 435. The second-order valence-electron chi connectivity index (χ2n) is 6.14. The molecule has 2 saturated heterocycles. The van der Waals surface area contributed by atoms with Crippen molar-refractivity contribution in [2.24, 2.45) is 11.1 Å². The third-order valence-corrected chi connectivity index (χ3v) is 5.19. The smallest absolute Gasteiger partial charge is 0.0772 e. The fraction of sp³-hybridized carbons (Fsp3) is 0.625. The molecule has 2 aliphatic rings. The van der Waals surface area contributed by atoms with Crippen molar-refractivity contribution < 1.29 is 9.84 Å². The maximum atomic E-state index is 11.1. The summed E-state index contributed by atoms with van der Waals surface area (Å²) < 4.78 is 5.53. The minimum absolute atomic E-state index is 0.240. The van der Waals surface area contributed by atoms with Crippen molar-refractivity contribution in [1.82, 2.24) is 0 Å². The van der Waals surface area contributed by atoms with E-state index < -0.39 is 5.60 Å². The molecule has 20 heavy (non-hydrogen) atoms. The third-order valence-electron chi connectivity index (χ3n) is 5.19. The van der Waals surface area contributed by atoms with Crippen molar-refractivity contribution in [2.45, 2.75) is 24.9 Å². The Morgan fingerprint density at radius 1 is 1.15 bits per heavy atom. The molecule has 0 aliphatic carbocycles. The summed E-state index contributed by atoms with van der Waals surface area (Å²) >= 11 is 0. The first kappa shape index (κ1) is 13.9. The Kier molecular flexibility index (Phi) is 3.71. The number of hydrogen-bond donors (Lipinski definition) is 2. The standard InChI is InChI=1S/C16H24N2O2/c17-12-15(8-11-20-13-15)16(19)6-9-18(10-7-16)14-4-2-1-3-5-14/h1-5,19H,6-13,17H2. The lowest BCUT2D eigenvalue weighted by Crippen LogP contribution is -2.58. The van der Waals surface area contributed by atoms with E-state index in [0.29, 0.717) is 13.2 Å². The molecule has 0 aromatic heterocycles. The van der Waals surface area contributed by atoms with Crippen molar-refractivity contribution in [3.63, 3.8) is 0 Å². The summed E-state index contributed by atoms with van der Waals surface area (Å²) in [7, 11) is 0. The van der Waals surface area contributed by atoms with Crippen molar-refractivity contribution in [3.05, 3.63) is 30.3 Å². The Hall–Kier alpha value is -1.10. The van der Waals surface area contributed by atoms with Crippen LogP contribution in [-0.2, 0) is 4.74 Å². The molecule has 3 N–H and O–H groups in total. The quantitative estimate of drug-likeness (QED) is 0.876. The third kappa shape index (κ3) is 2.22. The Balaban J connectivity index is 1.71. The molecule has 2 fully saturated rings. The predicted molar refractivity (Wildman–Crippen MR) is 79.8 cm³/mol. The first-order valence-electron chi connectivity index (χ1n) is 7.49. The van der Waals surface area contributed by atoms with E-state index in [2.05, 4.69) is 29.2 Å². The lowest BCUT2D eigenvalue weighted by molar-refractivity contribution is -0.0985. The zero-order valence-electron chi connectivity index (χ0n) is 11.9. The van der Waals surface area contributed by atoms with Crippen LogP contribution in [0, 0.1) is 5.41 Å². The van der Waals surface area contributed by atoms with Gasteiger partial charge in [0.1, 0.15) is 0 Å². The molecular formula is C16H24N2O2. The van der Waals surface area contributed by atoms with E-state index in [0.717, 1.165) is 39.0 Å². The van der Waals surface area contributed by atoms with Gasteiger partial charge >= 0.3 is 0 Å². The molecule has 1 aromatic rings. The molecule has 1 atom stereocenters. The van der Waals surface area contributed by atoms with Gasteiger partial charge in [-0.2, -0.15) is 0 Å². The Morgan fingerprint density at radius 2 is 1.85 bits per heavy atom. The highest BCUT2D eigenvalue weighted by molar-refractivity contribution is 5.46. The van der Waals surface area contributed by atoms with Crippen molar-refractivity contribution in [1.29, 1.82) is 0 Å². The number of nitrogens with two attached hydrogens (primary N) is 1. The molecule has 3 rings (SSSR count). The first-order valence-corrected chi connectivity index (χ1v) is 7.49. The summed E-state index contributed by atoms with van der Waals surface area (Å²) in [6.45, 7) is 3.59. The van der Waals surface area contributed by atoms with Gasteiger partial charge in [0.05, 0.1) is 12.2 Å². The summed E-state index contributed by atoms with van der Waals surface area (Å²) in [6, 6.07) is 10.4. The average Bonchev–Trinajstić information content (AvgIpc) is 3.00. The highest BCUT2D eigenvalue weighted by atomic mass is 16.5. The van der Waals surface area contributed by atoms with Crippen molar-refractivity contribution in [2.75, 3.05) is 37.7 Å². The van der Waals surface area contributed by atoms with E-state index in [-0.39, 0.29) is 5.41 Å². The number of para-hydroxylation sites is 1. The van der Waals surface area contributed by atoms with Gasteiger partial charge in [0.2, 0.25) is 0 Å². The van der Waals surface area contributed by atoms with E-state index >= 15 is 0 Å². The fourth-order valence-electron chi connectivity index (χ4n) is 3.63. The lowest BCUT2D eigenvalue weighted by Gasteiger charge is -2.48. The number of aliphatic hydroxyl groups is 1. The molecule has 2 heterocycles. The highest BCUT2D eigenvalue weighted by Crippen LogP contribution is 2.45. The Labute approximate surface area is 120 Å². The molecule has 0 amide bonds. The minimum Gasteiger partial charge on any atom is -0.389 e. The van der Waals surface area contributed by atoms with Gasteiger partial charge in [-0.25, -0.2) is 0 Å². The lowest BCUT2D eigenvalue weighted by atomic mass is 9.66. The van der Waals surface area contributed by atoms with Gasteiger partial charge in [-0.3, -0.25) is 0 Å². The molecule has 1 unspecified atom stereocenters. The van der Waals surface area contributed by atoms with Crippen LogP contribution in [0.5, 0.6) is 0 Å². The van der Waals surface area contributed by atoms with Crippen LogP contribution in [0.1, 0.15) is 19.3 Å². The first-order chi connectivity index (χ1) is 9.69. The van der Waals surface area contributed by atoms with E-state index in [1.54, 1.807) is 0 Å². The van der Waals surface area contributed by atoms with Gasteiger partial charge < -0.3 is 20.5 Å². The van der Waals surface area contributed by atoms with Gasteiger partial charge in [-0.1, -0.05) is 18.2 Å². The number of rotatable bonds is 3. The zero-order valence-corrected chi connectivity index (χ0v) is 11.9. The van der Waals surface area contributed by atoms with E-state index in [1.165, 1.54) is 5.69 Å². The molecule has 4 nitrogen and oxygen atoms in total. The minimum atomic E-state index is -0.677. The van der Waals surface area contributed by atoms with Crippen LogP contribution in [-0.4, -0.2) is 43.6 Å². The molecule has 4 heteroatoms. The van der Waals surface area contributed by atoms with Crippen LogP contribution in [0.15, 0.2) is 30.3 Å². The fourth-order valence-corrected chi connectivity index (χ4v) is 3.63. The van der Waals surface area contributed by atoms with E-state index in [9.17, 15) is 5.11 Å². The summed E-state index contributed by atoms with van der Waals surface area (Å²) in [5.74, 6) is 0. The number of benzene rings is 1. The molecule has 0 radical (unpaired) electrons. The number of piperidine rings is 1. The van der Waals surface area contributed by atoms with Crippen LogP contribution >= 0.6 is 0 Å². The molecule has 0 spiro atoms. The molecule has 1 aromatic carbocycles. The number of nitrogens with zero attached hydrogens (tertiary/aromatic N) is 1. The van der Waals surface area contributed by atoms with Crippen LogP contribution in [0.4, 0.5) is 5.69 Å². The Morgan fingerprint density at radius 3 is 2.40 bits per heavy atom. The van der Waals surface area contributed by atoms with Gasteiger partial charge in [-0.05, 0) is 31.4 Å². The van der Waals surface area contributed by atoms with Crippen LogP contribution < -0.4 is 10.6 Å². The van der Waals surface area contributed by atoms with Crippen molar-refractivity contribution >= 4 is 5.69 Å². The molecular weight excluding hydrogens is 252 g/mol. The van der Waals surface area contributed by atoms with Gasteiger partial charge in [0, 0.05) is 37.3 Å². The molecule has 0 saturated carbocycles. The number of ether oxygens (including phenoxy) is 1. The summed E-state index contributed by atoms with van der Waals surface area (Å²) in [5, 5.41) is 11.1. The highest BCUT2D eigenvalue weighted by Gasteiger charge is 2.52. The molecule has 0 bridgehead atoms. The maximum Gasteiger partial charge on any atom is 0.0772 e. The number of anilines is 1. The summed E-state index contributed by atoms with van der Waals surface area (Å²) in [5.41, 5.74) is 6.29. The van der Waals surface area contributed by atoms with Gasteiger partial charge in [0.25, 0.3) is 0 Å². The second kappa shape index (κ2) is 5.35. The average molecular weight is 276 g/mol. The van der Waals surface area contributed by atoms with E-state index in [1.807, 2.05) is 6.07 Å². The molecule has 2 aliphatic heterocycles. The zero-order chi connectivity index (χ0) is 14.1. The monoisotopic (exact) mass is 276 g/mol. The number of hydrogen-bond acceptors (Lipinski definition) is 4. The second-order valence-corrected chi connectivity index (χ2v) is 6.14. The maximum absolute atomic E-state index is 11.1. The van der Waals surface area contributed by atoms with E-state index in [4.69, 9.17) is 10.5 Å². The van der Waals surface area contributed by atoms with Crippen LogP contribution in [0.2, 0.25) is 0 Å². The summed E-state index contributed by atoms with van der Waals surface area (Å²) in [4.78, 5) is 2.34. The van der Waals surface area contributed by atoms with Gasteiger partial charge in [0.15, 0.2) is 0 Å². The topological polar surface area (TPSA) is 58.7 Å². The summed E-state index contributed by atoms with van der Waals surface area (Å²) in [6.07, 6.45) is 2.41. The molecule has 110 valence electrons. The van der Waals surface area contributed by atoms with Crippen LogP contribution in [0.3, 0.4) is 0 Å².